The average molecular weight is 533 g/mol. The van der Waals surface area contributed by atoms with Crippen molar-refractivity contribution < 1.29 is 24.5 Å². The maximum atomic E-state index is 11.5. The third-order valence-corrected chi connectivity index (χ3v) is 6.81. The number of rotatable bonds is 5. The number of aliphatic hydroxyl groups is 1. The van der Waals surface area contributed by atoms with E-state index in [1.165, 1.54) is 35.6 Å². The van der Waals surface area contributed by atoms with Crippen LogP contribution in [0.25, 0.3) is 5.00 Å². The number of hydrogen-bond donors (Lipinski definition) is 2. The molecule has 1 aliphatic heterocycles. The molecule has 4 aromatic rings. The van der Waals surface area contributed by atoms with E-state index in [9.17, 15) is 14.7 Å². The zero-order valence-corrected chi connectivity index (χ0v) is 20.7. The Bertz CT molecular complexity index is 1630. The summed E-state index contributed by atoms with van der Waals surface area (Å²) in [7, 11) is 0. The van der Waals surface area contributed by atoms with Crippen molar-refractivity contribution in [3.05, 3.63) is 92.8 Å². The van der Waals surface area contributed by atoms with Gasteiger partial charge in [0.1, 0.15) is 23.1 Å². The Labute approximate surface area is 219 Å². The number of carboxylic acid groups (broad SMARTS) is 1. The SMILES string of the molecule is Cc1nnc2n1-c1sc(C#CC(O)Oc3ccc(C(=O)C(=O)O)cc3)cc1C(c1ccccc1Cl)=NC2. The molecule has 0 amide bonds. The van der Waals surface area contributed by atoms with Gasteiger partial charge in [0, 0.05) is 21.7 Å². The molecule has 9 nitrogen and oxygen atoms in total. The van der Waals surface area contributed by atoms with E-state index in [1.54, 1.807) is 6.07 Å². The van der Waals surface area contributed by atoms with Gasteiger partial charge < -0.3 is 14.9 Å². The number of ether oxygens (including phenoxy) is 1. The second-order valence-electron chi connectivity index (χ2n) is 7.87. The van der Waals surface area contributed by atoms with Crippen LogP contribution in [0.2, 0.25) is 5.02 Å². The maximum absolute atomic E-state index is 11.5. The van der Waals surface area contributed by atoms with Crippen LogP contribution in [0, 0.1) is 18.8 Å². The first-order chi connectivity index (χ1) is 17.8. The van der Waals surface area contributed by atoms with Gasteiger partial charge in [0.25, 0.3) is 12.1 Å². The minimum atomic E-state index is -1.55. The number of aliphatic hydroxyl groups excluding tert-OH is 1. The summed E-state index contributed by atoms with van der Waals surface area (Å²) in [5.74, 6) is 4.63. The first kappa shape index (κ1) is 24.4. The molecule has 11 heteroatoms. The molecule has 184 valence electrons. The van der Waals surface area contributed by atoms with Gasteiger partial charge in [0.05, 0.1) is 10.6 Å². The van der Waals surface area contributed by atoms with E-state index < -0.39 is 18.0 Å². The zero-order chi connectivity index (χ0) is 26.1. The van der Waals surface area contributed by atoms with Crippen LogP contribution in [-0.2, 0) is 11.3 Å². The van der Waals surface area contributed by atoms with Gasteiger partial charge in [-0.3, -0.25) is 14.4 Å². The molecular weight excluding hydrogens is 516 g/mol. The van der Waals surface area contributed by atoms with Gasteiger partial charge in [-0.05, 0) is 55.2 Å². The number of hydrogen-bond acceptors (Lipinski definition) is 8. The number of aromatic nitrogens is 3. The number of fused-ring (bicyclic) bond motifs is 3. The highest BCUT2D eigenvalue weighted by molar-refractivity contribution is 7.15. The third kappa shape index (κ3) is 4.88. The lowest BCUT2D eigenvalue weighted by molar-refractivity contribution is -0.131. The van der Waals surface area contributed by atoms with Gasteiger partial charge in [-0.15, -0.1) is 21.5 Å². The van der Waals surface area contributed by atoms with Crippen molar-refractivity contribution in [1.82, 2.24) is 14.8 Å². The van der Waals surface area contributed by atoms with Gasteiger partial charge >= 0.3 is 5.97 Å². The smallest absolute Gasteiger partial charge is 0.377 e. The molecule has 2 aromatic carbocycles. The molecule has 0 saturated heterocycles. The number of halogens is 1. The lowest BCUT2D eigenvalue weighted by atomic mass is 10.0. The van der Waals surface area contributed by atoms with Crippen molar-refractivity contribution in [2.24, 2.45) is 4.99 Å². The van der Waals surface area contributed by atoms with E-state index in [0.29, 0.717) is 33.8 Å². The Balaban J connectivity index is 1.44. The molecule has 1 aliphatic rings. The summed E-state index contributed by atoms with van der Waals surface area (Å²) in [5, 5.41) is 28.9. The average Bonchev–Trinajstić information content (AvgIpc) is 3.42. The van der Waals surface area contributed by atoms with Crippen LogP contribution < -0.4 is 4.74 Å². The number of carbonyl (C=O) groups is 2. The summed E-state index contributed by atoms with van der Waals surface area (Å²) in [6.45, 7) is 2.20. The molecule has 3 heterocycles. The first-order valence-electron chi connectivity index (χ1n) is 10.9. The van der Waals surface area contributed by atoms with Gasteiger partial charge in [0.15, 0.2) is 5.82 Å². The maximum Gasteiger partial charge on any atom is 0.377 e. The van der Waals surface area contributed by atoms with E-state index >= 15 is 0 Å². The van der Waals surface area contributed by atoms with E-state index in [2.05, 4.69) is 22.0 Å². The number of aliphatic imine (C=N–C) groups is 1. The lowest BCUT2D eigenvalue weighted by Gasteiger charge is -2.08. The summed E-state index contributed by atoms with van der Waals surface area (Å²) < 4.78 is 7.32. The Morgan fingerprint density at radius 1 is 1.14 bits per heavy atom. The molecule has 1 unspecified atom stereocenters. The molecule has 0 spiro atoms. The molecule has 0 fully saturated rings. The van der Waals surface area contributed by atoms with E-state index in [1.807, 2.05) is 35.8 Å². The van der Waals surface area contributed by atoms with Crippen LogP contribution in [0.3, 0.4) is 0 Å². The topological polar surface area (TPSA) is 127 Å². The first-order valence-corrected chi connectivity index (χ1v) is 12.1. The van der Waals surface area contributed by atoms with Crippen molar-refractivity contribution in [3.63, 3.8) is 0 Å². The standard InChI is InChI=1S/C26H17ClN4O5S/c1-14-29-30-21-13-28-23(18-4-2-3-5-20(18)27)19-12-17(37-25(19)31(14)21)10-11-22(32)36-16-8-6-15(7-9-16)24(33)26(34)35/h2-9,12,22,32H,13H2,1H3,(H,34,35). The molecule has 2 aromatic heterocycles. The number of Topliss-reactive ketones (excluding diaryl/α,β-unsaturated/α-hetero) is 1. The van der Waals surface area contributed by atoms with Crippen LogP contribution in [-0.4, -0.2) is 48.7 Å². The number of aliphatic carboxylic acids is 1. The van der Waals surface area contributed by atoms with E-state index in [-0.39, 0.29) is 11.3 Å². The Morgan fingerprint density at radius 2 is 1.89 bits per heavy atom. The van der Waals surface area contributed by atoms with Crippen molar-refractivity contribution in [2.75, 3.05) is 0 Å². The highest BCUT2D eigenvalue weighted by Crippen LogP contribution is 2.34. The highest BCUT2D eigenvalue weighted by atomic mass is 35.5. The van der Waals surface area contributed by atoms with Crippen molar-refractivity contribution in [1.29, 1.82) is 0 Å². The van der Waals surface area contributed by atoms with Gasteiger partial charge in [-0.25, -0.2) is 4.79 Å². The summed E-state index contributed by atoms with van der Waals surface area (Å²) in [6.07, 6.45) is -1.47. The van der Waals surface area contributed by atoms with Gasteiger partial charge in [-0.2, -0.15) is 0 Å². The summed E-state index contributed by atoms with van der Waals surface area (Å²) >= 11 is 7.88. The summed E-state index contributed by atoms with van der Waals surface area (Å²) in [4.78, 5) is 27.7. The van der Waals surface area contributed by atoms with Crippen molar-refractivity contribution >= 4 is 40.4 Å². The third-order valence-electron chi connectivity index (χ3n) is 5.45. The van der Waals surface area contributed by atoms with Crippen LogP contribution in [0.15, 0.2) is 59.6 Å². The van der Waals surface area contributed by atoms with Crippen molar-refractivity contribution in [2.45, 2.75) is 19.8 Å². The number of thiophene rings is 1. The molecule has 0 aliphatic carbocycles. The summed E-state index contributed by atoms with van der Waals surface area (Å²) in [5.41, 5.74) is 2.31. The lowest BCUT2D eigenvalue weighted by Crippen LogP contribution is -2.14. The Morgan fingerprint density at radius 3 is 2.62 bits per heavy atom. The molecule has 0 saturated carbocycles. The van der Waals surface area contributed by atoms with Gasteiger partial charge in [0.2, 0.25) is 0 Å². The van der Waals surface area contributed by atoms with Crippen LogP contribution in [0.4, 0.5) is 0 Å². The molecule has 0 bridgehead atoms. The molecule has 5 rings (SSSR count). The molecule has 1 atom stereocenters. The zero-order valence-electron chi connectivity index (χ0n) is 19.2. The minimum Gasteiger partial charge on any atom is -0.475 e. The normalized spacial score (nSPS) is 12.8. The predicted molar refractivity (Wildman–Crippen MR) is 137 cm³/mol. The van der Waals surface area contributed by atoms with E-state index in [4.69, 9.17) is 26.4 Å². The quantitative estimate of drug-likeness (QED) is 0.174. The van der Waals surface area contributed by atoms with Crippen LogP contribution >= 0.6 is 22.9 Å². The number of nitrogens with zero attached hydrogens (tertiary/aromatic N) is 4. The number of aryl methyl sites for hydroxylation is 1. The molecule has 2 N–H and O–H groups in total. The summed E-state index contributed by atoms with van der Waals surface area (Å²) in [6, 6.07) is 14.7. The fraction of sp³-hybridized carbons (Fsp3) is 0.115. The second-order valence-corrected chi connectivity index (χ2v) is 9.31. The number of ketones is 1. The molecule has 37 heavy (non-hydrogen) atoms. The fourth-order valence-electron chi connectivity index (χ4n) is 3.77. The highest BCUT2D eigenvalue weighted by Gasteiger charge is 2.25. The molecule has 0 radical (unpaired) electrons. The minimum absolute atomic E-state index is 0.000140. The number of benzene rings is 2. The monoisotopic (exact) mass is 532 g/mol. The molecular formula is C26H17ClN4O5S. The van der Waals surface area contributed by atoms with E-state index in [0.717, 1.165) is 16.1 Å². The number of carboxylic acids is 1. The fourth-order valence-corrected chi connectivity index (χ4v) is 5.08. The Hall–Kier alpha value is -4.30. The van der Waals surface area contributed by atoms with Crippen LogP contribution in [0.5, 0.6) is 5.75 Å². The van der Waals surface area contributed by atoms with Crippen LogP contribution in [0.1, 0.15) is 38.0 Å². The number of carbonyl (C=O) groups excluding carboxylic acids is 1. The second kappa shape index (κ2) is 9.99. The predicted octanol–water partition coefficient (Wildman–Crippen LogP) is 3.66. The van der Waals surface area contributed by atoms with Gasteiger partial charge in [-0.1, -0.05) is 29.8 Å². The largest absolute Gasteiger partial charge is 0.475 e. The Kier molecular flexibility index (Phi) is 6.58. The van der Waals surface area contributed by atoms with Crippen molar-refractivity contribution in [3.8, 4) is 22.6 Å².